The topological polar surface area (TPSA) is 116 Å². The Morgan fingerprint density at radius 1 is 1.23 bits per heavy atom. The number of aliphatic hydroxyl groups excluding tert-OH is 3. The number of aromatic nitrogens is 2. The summed E-state index contributed by atoms with van der Waals surface area (Å²) in [6.07, 6.45) is -9.82. The molecule has 0 saturated carbocycles. The van der Waals surface area contributed by atoms with Gasteiger partial charge in [0.1, 0.15) is 35.8 Å². The van der Waals surface area contributed by atoms with E-state index in [1.165, 1.54) is 19.9 Å². The van der Waals surface area contributed by atoms with Gasteiger partial charge >= 0.3 is 6.18 Å². The Balaban J connectivity index is 2.18. The predicted octanol–water partition coefficient (Wildman–Crippen LogP) is 0.713. The van der Waals surface area contributed by atoms with E-state index in [2.05, 4.69) is 9.97 Å². The zero-order chi connectivity index (χ0) is 19.4. The highest BCUT2D eigenvalue weighted by Gasteiger charge is 2.44. The Morgan fingerprint density at radius 3 is 2.42 bits per heavy atom. The van der Waals surface area contributed by atoms with Crippen LogP contribution in [0.1, 0.15) is 28.5 Å². The number of fused-ring (bicyclic) bond motifs is 1. The molecule has 1 saturated heterocycles. The molecule has 1 aliphatic heterocycles. The van der Waals surface area contributed by atoms with Crippen molar-refractivity contribution in [3.8, 4) is 0 Å². The van der Waals surface area contributed by atoms with Crippen LogP contribution >= 0.6 is 0 Å². The first-order valence-electron chi connectivity index (χ1n) is 7.80. The van der Waals surface area contributed by atoms with Crippen LogP contribution in [-0.2, 0) is 10.9 Å². The van der Waals surface area contributed by atoms with Gasteiger partial charge in [-0.05, 0) is 31.0 Å². The third-order valence-electron chi connectivity index (χ3n) is 4.71. The molecule has 4 N–H and O–H groups in total. The van der Waals surface area contributed by atoms with Crippen molar-refractivity contribution in [3.05, 3.63) is 38.8 Å². The van der Waals surface area contributed by atoms with Crippen LogP contribution in [0.2, 0.25) is 0 Å². The molecule has 0 aliphatic carbocycles. The fourth-order valence-corrected chi connectivity index (χ4v) is 3.13. The fraction of sp³-hybridized carbons (Fsp3) is 0.500. The molecule has 0 radical (unpaired) electrons. The van der Waals surface area contributed by atoms with Crippen LogP contribution < -0.4 is 5.56 Å². The minimum absolute atomic E-state index is 0.0657. The van der Waals surface area contributed by atoms with Crippen molar-refractivity contribution >= 4 is 11.0 Å². The molecule has 0 aromatic carbocycles. The van der Waals surface area contributed by atoms with Crippen LogP contribution in [-0.4, -0.2) is 50.2 Å². The zero-order valence-electron chi connectivity index (χ0n) is 13.8. The molecule has 1 aliphatic rings. The van der Waals surface area contributed by atoms with Crippen molar-refractivity contribution in [3.63, 3.8) is 0 Å². The van der Waals surface area contributed by atoms with E-state index in [9.17, 15) is 28.2 Å². The maximum atomic E-state index is 13.1. The fourth-order valence-electron chi connectivity index (χ4n) is 3.13. The zero-order valence-corrected chi connectivity index (χ0v) is 13.8. The molecule has 3 heterocycles. The van der Waals surface area contributed by atoms with E-state index < -0.39 is 48.5 Å². The lowest BCUT2D eigenvalue weighted by molar-refractivity contribution is -0.141. The summed E-state index contributed by atoms with van der Waals surface area (Å²) in [5.41, 5.74) is -1.99. The number of nitrogens with zero attached hydrogens (tertiary/aromatic N) is 1. The quantitative estimate of drug-likeness (QED) is 0.616. The molecule has 0 bridgehead atoms. The van der Waals surface area contributed by atoms with Gasteiger partial charge in [0.15, 0.2) is 0 Å². The van der Waals surface area contributed by atoms with Gasteiger partial charge in [-0.1, -0.05) is 0 Å². The lowest BCUT2D eigenvalue weighted by Gasteiger charge is -2.17. The number of aryl methyl sites for hydroxylation is 1. The van der Waals surface area contributed by atoms with Crippen LogP contribution in [0.25, 0.3) is 11.0 Å². The SMILES string of the molecule is Cc1c(C(F)(F)F)nc2[nH]c(=O)c([C@@H]3O[C@H](CO)C(O)[C@@H]3O)cc2c1C. The van der Waals surface area contributed by atoms with Crippen molar-refractivity contribution in [2.45, 2.75) is 44.4 Å². The Kier molecular flexibility index (Phi) is 4.55. The molecule has 7 nitrogen and oxygen atoms in total. The number of hydrogen-bond acceptors (Lipinski definition) is 6. The molecule has 2 aromatic heterocycles. The van der Waals surface area contributed by atoms with Crippen molar-refractivity contribution in [1.82, 2.24) is 9.97 Å². The van der Waals surface area contributed by atoms with E-state index in [1.54, 1.807) is 0 Å². The highest BCUT2D eigenvalue weighted by atomic mass is 19.4. The van der Waals surface area contributed by atoms with Gasteiger partial charge in [0.05, 0.1) is 6.61 Å². The van der Waals surface area contributed by atoms with Gasteiger partial charge in [0, 0.05) is 10.9 Å². The third-order valence-corrected chi connectivity index (χ3v) is 4.71. The Labute approximate surface area is 145 Å². The van der Waals surface area contributed by atoms with Gasteiger partial charge in [0.2, 0.25) is 0 Å². The summed E-state index contributed by atoms with van der Waals surface area (Å²) in [5, 5.41) is 29.3. The summed E-state index contributed by atoms with van der Waals surface area (Å²) in [5.74, 6) is 0. The van der Waals surface area contributed by atoms with E-state index >= 15 is 0 Å². The summed E-state index contributed by atoms with van der Waals surface area (Å²) >= 11 is 0. The van der Waals surface area contributed by atoms with Crippen LogP contribution in [0.5, 0.6) is 0 Å². The van der Waals surface area contributed by atoms with Crippen molar-refractivity contribution < 1.29 is 33.2 Å². The van der Waals surface area contributed by atoms with Crippen LogP contribution in [0.4, 0.5) is 13.2 Å². The number of halogens is 3. The summed E-state index contributed by atoms with van der Waals surface area (Å²) in [6, 6.07) is 1.30. The predicted molar refractivity (Wildman–Crippen MR) is 83.6 cm³/mol. The van der Waals surface area contributed by atoms with E-state index in [1.807, 2.05) is 0 Å². The maximum absolute atomic E-state index is 13.1. The summed E-state index contributed by atoms with van der Waals surface area (Å²) in [7, 11) is 0. The van der Waals surface area contributed by atoms with E-state index in [4.69, 9.17) is 9.84 Å². The number of ether oxygens (including phenoxy) is 1. The summed E-state index contributed by atoms with van der Waals surface area (Å²) in [6.45, 7) is 2.19. The van der Waals surface area contributed by atoms with Crippen molar-refractivity contribution in [2.24, 2.45) is 0 Å². The maximum Gasteiger partial charge on any atom is 0.433 e. The Hall–Kier alpha value is -2.01. The third kappa shape index (κ3) is 2.88. The van der Waals surface area contributed by atoms with Gasteiger partial charge in [-0.25, -0.2) is 4.98 Å². The molecule has 0 amide bonds. The molecular formula is C16H17F3N2O5. The Bertz CT molecular complexity index is 911. The lowest BCUT2D eigenvalue weighted by Crippen LogP contribution is -2.33. The standard InChI is InChI=1S/C16H17F3N2O5/c1-5-6(2)13(16(17,18)19)20-14-7(5)3-8(15(25)21-14)12-11(24)10(23)9(4-22)26-12/h3,9-12,22-24H,4H2,1-2H3,(H,20,21,25)/t9-,10?,11+,12+/m1/s1. The number of H-pyrrole nitrogens is 1. The minimum Gasteiger partial charge on any atom is -0.394 e. The number of rotatable bonds is 2. The van der Waals surface area contributed by atoms with Crippen LogP contribution in [0, 0.1) is 13.8 Å². The molecule has 1 fully saturated rings. The van der Waals surface area contributed by atoms with Gasteiger partial charge in [0.25, 0.3) is 5.56 Å². The second kappa shape index (κ2) is 6.31. The monoisotopic (exact) mass is 374 g/mol. The van der Waals surface area contributed by atoms with Gasteiger partial charge in [-0.15, -0.1) is 0 Å². The average Bonchev–Trinajstić information content (AvgIpc) is 2.84. The molecule has 1 unspecified atom stereocenters. The van der Waals surface area contributed by atoms with Gasteiger partial charge in [-0.2, -0.15) is 13.2 Å². The van der Waals surface area contributed by atoms with Crippen LogP contribution in [0.3, 0.4) is 0 Å². The number of aromatic amines is 1. The Morgan fingerprint density at radius 2 is 1.88 bits per heavy atom. The average molecular weight is 374 g/mol. The number of aliphatic hydroxyl groups is 3. The number of alkyl halides is 3. The van der Waals surface area contributed by atoms with E-state index in [0.717, 1.165) is 0 Å². The molecule has 0 spiro atoms. The van der Waals surface area contributed by atoms with Gasteiger partial charge < -0.3 is 25.0 Å². The molecule has 142 valence electrons. The molecule has 10 heteroatoms. The highest BCUT2D eigenvalue weighted by Crippen LogP contribution is 2.36. The molecule has 2 aromatic rings. The first-order chi connectivity index (χ1) is 12.1. The van der Waals surface area contributed by atoms with E-state index in [0.29, 0.717) is 0 Å². The van der Waals surface area contributed by atoms with Crippen LogP contribution in [0.15, 0.2) is 10.9 Å². The highest BCUT2D eigenvalue weighted by molar-refractivity contribution is 5.81. The number of nitrogens with one attached hydrogen (secondary N) is 1. The molecule has 3 rings (SSSR count). The minimum atomic E-state index is -4.66. The molecule has 4 atom stereocenters. The smallest absolute Gasteiger partial charge is 0.394 e. The first kappa shape index (κ1) is 18.8. The van der Waals surface area contributed by atoms with E-state index in [-0.39, 0.29) is 27.7 Å². The molecular weight excluding hydrogens is 357 g/mol. The van der Waals surface area contributed by atoms with Gasteiger partial charge in [-0.3, -0.25) is 4.79 Å². The van der Waals surface area contributed by atoms with Crippen molar-refractivity contribution in [2.75, 3.05) is 6.61 Å². The summed E-state index contributed by atoms with van der Waals surface area (Å²) < 4.78 is 44.6. The number of hydrogen-bond donors (Lipinski definition) is 4. The second-order valence-corrected chi connectivity index (χ2v) is 6.28. The normalized spacial score (nSPS) is 26.6. The largest absolute Gasteiger partial charge is 0.433 e. The number of pyridine rings is 2. The van der Waals surface area contributed by atoms with Crippen molar-refractivity contribution in [1.29, 1.82) is 0 Å². The molecule has 26 heavy (non-hydrogen) atoms. The second-order valence-electron chi connectivity index (χ2n) is 6.28. The first-order valence-corrected chi connectivity index (χ1v) is 7.80. The summed E-state index contributed by atoms with van der Waals surface area (Å²) in [4.78, 5) is 18.1. The lowest BCUT2D eigenvalue weighted by atomic mass is 9.99.